The van der Waals surface area contributed by atoms with Crippen LogP contribution in [0, 0.1) is 0 Å². The number of alkyl halides is 3. The molecule has 0 radical (unpaired) electrons. The zero-order valence-electron chi connectivity index (χ0n) is 10.00. The summed E-state index contributed by atoms with van der Waals surface area (Å²) < 4.78 is 37.9. The van der Waals surface area contributed by atoms with E-state index in [2.05, 4.69) is 10.3 Å². The van der Waals surface area contributed by atoms with Gasteiger partial charge in [0.15, 0.2) is 5.82 Å². The van der Waals surface area contributed by atoms with Gasteiger partial charge < -0.3 is 10.2 Å². The van der Waals surface area contributed by atoms with Crippen molar-refractivity contribution in [3.63, 3.8) is 0 Å². The molecule has 0 aromatic carbocycles. The lowest BCUT2D eigenvalue weighted by Gasteiger charge is -2.40. The lowest BCUT2D eigenvalue weighted by molar-refractivity contribution is -0.137. The van der Waals surface area contributed by atoms with E-state index >= 15 is 0 Å². The second-order valence-electron chi connectivity index (χ2n) is 4.79. The van der Waals surface area contributed by atoms with Gasteiger partial charge in [-0.25, -0.2) is 4.98 Å². The lowest BCUT2D eigenvalue weighted by atomic mass is 9.99. The van der Waals surface area contributed by atoms with E-state index < -0.39 is 11.7 Å². The van der Waals surface area contributed by atoms with Crippen LogP contribution in [0.4, 0.5) is 24.7 Å². The van der Waals surface area contributed by atoms with E-state index in [1.807, 2.05) is 0 Å². The number of amides is 1. The number of rotatable bonds is 0. The first-order chi connectivity index (χ1) is 8.97. The van der Waals surface area contributed by atoms with Crippen molar-refractivity contribution in [2.24, 2.45) is 0 Å². The number of carbonyl (C=O) groups is 1. The summed E-state index contributed by atoms with van der Waals surface area (Å²) in [4.78, 5) is 17.6. The van der Waals surface area contributed by atoms with Crippen LogP contribution in [0.25, 0.3) is 0 Å². The monoisotopic (exact) mass is 271 g/mol. The van der Waals surface area contributed by atoms with E-state index in [1.54, 1.807) is 4.90 Å². The highest BCUT2D eigenvalue weighted by Crippen LogP contribution is 2.38. The number of hydrogen-bond acceptors (Lipinski definition) is 3. The molecular formula is C12H12F3N3O. The Kier molecular flexibility index (Phi) is 2.65. The van der Waals surface area contributed by atoms with Gasteiger partial charge in [0.25, 0.3) is 0 Å². The van der Waals surface area contributed by atoms with E-state index in [9.17, 15) is 18.0 Å². The number of nitrogens with one attached hydrogen (secondary N) is 1. The third-order valence-corrected chi connectivity index (χ3v) is 3.53. The van der Waals surface area contributed by atoms with Crippen LogP contribution in [0.5, 0.6) is 0 Å². The summed E-state index contributed by atoms with van der Waals surface area (Å²) in [6, 6.07) is 0.649. The SMILES string of the molecule is O=C1Nc2cc(C(F)(F)F)cnc2N2CCCCC12. The van der Waals surface area contributed by atoms with Gasteiger partial charge in [-0.05, 0) is 25.3 Å². The predicted molar refractivity (Wildman–Crippen MR) is 62.9 cm³/mol. The Balaban J connectivity index is 2.03. The highest BCUT2D eigenvalue weighted by atomic mass is 19.4. The second kappa shape index (κ2) is 4.11. The van der Waals surface area contributed by atoms with Gasteiger partial charge in [-0.3, -0.25) is 4.79 Å². The minimum absolute atomic E-state index is 0.151. The van der Waals surface area contributed by atoms with Crippen LogP contribution in [0.1, 0.15) is 24.8 Å². The summed E-state index contributed by atoms with van der Waals surface area (Å²) in [5, 5.41) is 2.53. The number of fused-ring (bicyclic) bond motifs is 3. The molecule has 1 fully saturated rings. The van der Waals surface area contributed by atoms with Gasteiger partial charge >= 0.3 is 6.18 Å². The van der Waals surface area contributed by atoms with Crippen LogP contribution >= 0.6 is 0 Å². The molecule has 1 saturated heterocycles. The van der Waals surface area contributed by atoms with E-state index in [0.717, 1.165) is 25.1 Å². The first kappa shape index (κ1) is 12.3. The van der Waals surface area contributed by atoms with Gasteiger partial charge in [0.1, 0.15) is 6.04 Å². The van der Waals surface area contributed by atoms with Crippen molar-refractivity contribution in [2.75, 3.05) is 16.8 Å². The number of anilines is 2. The smallest absolute Gasteiger partial charge is 0.343 e. The van der Waals surface area contributed by atoms with Crippen molar-refractivity contribution >= 4 is 17.4 Å². The van der Waals surface area contributed by atoms with Crippen molar-refractivity contribution in [3.05, 3.63) is 17.8 Å². The maximum absolute atomic E-state index is 12.6. The molecule has 2 aliphatic heterocycles. The average Bonchev–Trinajstić information content (AvgIpc) is 2.37. The predicted octanol–water partition coefficient (Wildman–Crippen LogP) is 2.41. The maximum atomic E-state index is 12.6. The fourth-order valence-electron chi connectivity index (χ4n) is 2.61. The van der Waals surface area contributed by atoms with Crippen LogP contribution < -0.4 is 10.2 Å². The second-order valence-corrected chi connectivity index (χ2v) is 4.79. The molecule has 1 aromatic heterocycles. The fourth-order valence-corrected chi connectivity index (χ4v) is 2.61. The van der Waals surface area contributed by atoms with Crippen molar-refractivity contribution in [1.82, 2.24) is 4.98 Å². The average molecular weight is 271 g/mol. The van der Waals surface area contributed by atoms with Gasteiger partial charge in [-0.1, -0.05) is 0 Å². The number of piperidine rings is 1. The Morgan fingerprint density at radius 3 is 2.89 bits per heavy atom. The molecule has 2 aliphatic rings. The summed E-state index contributed by atoms with van der Waals surface area (Å²) in [7, 11) is 0. The quantitative estimate of drug-likeness (QED) is 0.788. The molecule has 4 nitrogen and oxygen atoms in total. The van der Waals surface area contributed by atoms with Gasteiger partial charge in [0.2, 0.25) is 5.91 Å². The highest BCUT2D eigenvalue weighted by Gasteiger charge is 2.38. The van der Waals surface area contributed by atoms with Gasteiger partial charge in [-0.2, -0.15) is 13.2 Å². The van der Waals surface area contributed by atoms with Gasteiger partial charge in [0.05, 0.1) is 11.3 Å². The number of nitrogens with zero attached hydrogens (tertiary/aromatic N) is 2. The Morgan fingerprint density at radius 2 is 2.16 bits per heavy atom. The summed E-state index contributed by atoms with van der Waals surface area (Å²) in [5.41, 5.74) is -0.694. The number of halogens is 3. The molecule has 1 amide bonds. The van der Waals surface area contributed by atoms with Gasteiger partial charge in [-0.15, -0.1) is 0 Å². The molecule has 102 valence electrons. The Hall–Kier alpha value is -1.79. The molecule has 19 heavy (non-hydrogen) atoms. The minimum atomic E-state index is -4.45. The van der Waals surface area contributed by atoms with Gasteiger partial charge in [0, 0.05) is 12.7 Å². The number of hydrogen-bond donors (Lipinski definition) is 1. The largest absolute Gasteiger partial charge is 0.417 e. The molecule has 0 saturated carbocycles. The zero-order chi connectivity index (χ0) is 13.6. The van der Waals surface area contributed by atoms with Crippen molar-refractivity contribution in [3.8, 4) is 0 Å². The zero-order valence-corrected chi connectivity index (χ0v) is 10.00. The summed E-state index contributed by atoms with van der Waals surface area (Å²) >= 11 is 0. The topological polar surface area (TPSA) is 45.2 Å². The van der Waals surface area contributed by atoms with Crippen LogP contribution in [-0.4, -0.2) is 23.5 Å². The van der Waals surface area contributed by atoms with Crippen LogP contribution in [0.15, 0.2) is 12.3 Å². The van der Waals surface area contributed by atoms with E-state index in [4.69, 9.17) is 0 Å². The Morgan fingerprint density at radius 1 is 1.37 bits per heavy atom. The molecule has 1 N–H and O–H groups in total. The maximum Gasteiger partial charge on any atom is 0.417 e. The first-order valence-electron chi connectivity index (χ1n) is 6.11. The third-order valence-electron chi connectivity index (χ3n) is 3.53. The molecule has 1 atom stereocenters. The van der Waals surface area contributed by atoms with E-state index in [-0.39, 0.29) is 17.6 Å². The molecule has 3 heterocycles. The molecule has 1 aromatic rings. The summed E-state index contributed by atoms with van der Waals surface area (Å²) in [6.07, 6.45) is -1.04. The fraction of sp³-hybridized carbons (Fsp3) is 0.500. The standard InChI is InChI=1S/C12H12F3N3O/c13-12(14,15)7-5-8-10(16-6-7)18-4-2-1-3-9(18)11(19)17-8/h5-6,9H,1-4H2,(H,17,19). The molecule has 0 spiro atoms. The molecule has 1 unspecified atom stereocenters. The normalized spacial score (nSPS) is 22.6. The van der Waals surface area contributed by atoms with Crippen LogP contribution in [-0.2, 0) is 11.0 Å². The molecule has 0 aliphatic carbocycles. The minimum Gasteiger partial charge on any atom is -0.343 e. The summed E-state index contributed by atoms with van der Waals surface area (Å²) in [6.45, 7) is 0.656. The van der Waals surface area contributed by atoms with Crippen molar-refractivity contribution in [2.45, 2.75) is 31.5 Å². The molecule has 7 heteroatoms. The molecule has 0 bridgehead atoms. The van der Waals surface area contributed by atoms with Crippen LogP contribution in [0.3, 0.4) is 0 Å². The van der Waals surface area contributed by atoms with Crippen LogP contribution in [0.2, 0.25) is 0 Å². The Bertz CT molecular complexity index is 529. The lowest BCUT2D eigenvalue weighted by Crippen LogP contribution is -2.51. The van der Waals surface area contributed by atoms with Crippen molar-refractivity contribution < 1.29 is 18.0 Å². The number of carbonyl (C=O) groups excluding carboxylic acids is 1. The van der Waals surface area contributed by atoms with E-state index in [1.165, 1.54) is 0 Å². The third kappa shape index (κ3) is 2.02. The summed E-state index contributed by atoms with van der Waals surface area (Å²) in [5.74, 6) is 0.200. The number of pyridine rings is 1. The first-order valence-corrected chi connectivity index (χ1v) is 6.11. The van der Waals surface area contributed by atoms with Crippen molar-refractivity contribution in [1.29, 1.82) is 0 Å². The highest BCUT2D eigenvalue weighted by molar-refractivity contribution is 6.02. The molecule has 3 rings (SSSR count). The number of aromatic nitrogens is 1. The Labute approximate surface area is 107 Å². The van der Waals surface area contributed by atoms with E-state index in [0.29, 0.717) is 18.8 Å². The molecular weight excluding hydrogens is 259 g/mol.